The lowest BCUT2D eigenvalue weighted by Gasteiger charge is -1.91. The van der Waals surface area contributed by atoms with E-state index in [0.717, 1.165) is 11.7 Å². The molecule has 1 rings (SSSR count). The zero-order valence-corrected chi connectivity index (χ0v) is 5.69. The predicted molar refractivity (Wildman–Crippen MR) is 38.6 cm³/mol. The molecule has 0 amide bonds. The van der Waals surface area contributed by atoms with Crippen LogP contribution in [0.25, 0.3) is 0 Å². The average Bonchev–Trinajstić information content (AvgIpc) is 2.34. The van der Waals surface area contributed by atoms with E-state index in [0.29, 0.717) is 0 Å². The Morgan fingerprint density at radius 2 is 2.78 bits per heavy atom. The van der Waals surface area contributed by atoms with Gasteiger partial charge in [0.2, 0.25) is 5.13 Å². The smallest absolute Gasteiger partial charge is 0.202 e. The first-order valence-electron chi connectivity index (χ1n) is 2.55. The Morgan fingerprint density at radius 3 is 3.33 bits per heavy atom. The number of nitrogens with zero attached hydrogens (tertiary/aromatic N) is 2. The van der Waals surface area contributed by atoms with Gasteiger partial charge < -0.3 is 5.32 Å². The zero-order valence-electron chi connectivity index (χ0n) is 4.87. The molecule has 0 aliphatic carbocycles. The van der Waals surface area contributed by atoms with E-state index >= 15 is 0 Å². The molecule has 0 saturated carbocycles. The first-order valence-corrected chi connectivity index (χ1v) is 3.32. The number of hydrogen-bond acceptors (Lipinski definition) is 4. The van der Waals surface area contributed by atoms with Gasteiger partial charge >= 0.3 is 0 Å². The molecule has 0 atom stereocenters. The minimum atomic E-state index is 0.745. The van der Waals surface area contributed by atoms with Gasteiger partial charge in [0.15, 0.2) is 0 Å². The number of nitrogens with one attached hydrogen (secondary N) is 1. The molecule has 1 N–H and O–H groups in total. The summed E-state index contributed by atoms with van der Waals surface area (Å²) in [5.74, 6) is 0. The molecule has 1 aromatic rings. The van der Waals surface area contributed by atoms with Crippen LogP contribution in [0.5, 0.6) is 0 Å². The number of hydrogen-bond donors (Lipinski definition) is 1. The van der Waals surface area contributed by atoms with Crippen LogP contribution in [0.15, 0.2) is 19.0 Å². The average molecular weight is 141 g/mol. The van der Waals surface area contributed by atoms with Crippen molar-refractivity contribution < 1.29 is 0 Å². The lowest BCUT2D eigenvalue weighted by atomic mass is 10.6. The number of anilines is 1. The van der Waals surface area contributed by atoms with Crippen LogP contribution in [0.2, 0.25) is 0 Å². The van der Waals surface area contributed by atoms with Crippen molar-refractivity contribution in [2.75, 3.05) is 11.9 Å². The normalized spacial score (nSPS) is 8.89. The van der Waals surface area contributed by atoms with E-state index in [-0.39, 0.29) is 0 Å². The molecule has 3 nitrogen and oxygen atoms in total. The van der Waals surface area contributed by atoms with Gasteiger partial charge in [0.1, 0.15) is 6.33 Å². The van der Waals surface area contributed by atoms with Crippen LogP contribution in [0.1, 0.15) is 0 Å². The Balaban J connectivity index is 2.38. The molecule has 0 aliphatic rings. The molecule has 0 aliphatic heterocycles. The summed E-state index contributed by atoms with van der Waals surface area (Å²) in [6.45, 7) is 4.30. The van der Waals surface area contributed by atoms with Crippen LogP contribution < -0.4 is 5.32 Å². The Kier molecular flexibility index (Phi) is 2.21. The van der Waals surface area contributed by atoms with Crippen molar-refractivity contribution in [1.29, 1.82) is 0 Å². The van der Waals surface area contributed by atoms with Gasteiger partial charge in [-0.2, -0.15) is 4.37 Å². The van der Waals surface area contributed by atoms with E-state index in [1.54, 1.807) is 6.08 Å². The van der Waals surface area contributed by atoms with Crippen LogP contribution >= 0.6 is 11.5 Å². The van der Waals surface area contributed by atoms with Crippen molar-refractivity contribution in [3.63, 3.8) is 0 Å². The third-order valence-electron chi connectivity index (χ3n) is 0.759. The van der Waals surface area contributed by atoms with Gasteiger partial charge in [0, 0.05) is 18.1 Å². The Hall–Kier alpha value is -0.900. The number of aromatic nitrogens is 2. The highest BCUT2D eigenvalue weighted by atomic mass is 32.1. The summed E-state index contributed by atoms with van der Waals surface area (Å²) in [4.78, 5) is 3.90. The van der Waals surface area contributed by atoms with Gasteiger partial charge in [-0.15, -0.1) is 6.58 Å². The summed E-state index contributed by atoms with van der Waals surface area (Å²) in [5, 5.41) is 3.84. The Bertz CT molecular complexity index is 170. The second-order valence-corrected chi connectivity index (χ2v) is 2.20. The molecule has 0 unspecified atom stereocenters. The van der Waals surface area contributed by atoms with E-state index in [4.69, 9.17) is 0 Å². The number of rotatable bonds is 3. The van der Waals surface area contributed by atoms with E-state index in [2.05, 4.69) is 21.3 Å². The molecule has 0 bridgehead atoms. The summed E-state index contributed by atoms with van der Waals surface area (Å²) < 4.78 is 3.81. The Morgan fingerprint density at radius 1 is 1.89 bits per heavy atom. The molecule has 0 radical (unpaired) electrons. The fourth-order valence-corrected chi connectivity index (χ4v) is 0.847. The van der Waals surface area contributed by atoms with E-state index in [1.807, 2.05) is 0 Å². The molecule has 4 heteroatoms. The standard InChI is InChI=1S/C5H7N3S/c1-2-3-6-5-7-4-8-9-5/h2,4H,1,3H2,(H,6,7,8). The second kappa shape index (κ2) is 3.19. The molecule has 1 heterocycles. The first-order chi connectivity index (χ1) is 4.43. The van der Waals surface area contributed by atoms with Gasteiger partial charge in [0.25, 0.3) is 0 Å². The van der Waals surface area contributed by atoms with E-state index in [9.17, 15) is 0 Å². The predicted octanol–water partition coefficient (Wildman–Crippen LogP) is 1.14. The van der Waals surface area contributed by atoms with Crippen molar-refractivity contribution >= 4 is 16.7 Å². The van der Waals surface area contributed by atoms with Crippen molar-refractivity contribution in [2.45, 2.75) is 0 Å². The third kappa shape index (κ3) is 1.81. The minimum Gasteiger partial charge on any atom is -0.357 e. The van der Waals surface area contributed by atoms with E-state index in [1.165, 1.54) is 17.9 Å². The highest BCUT2D eigenvalue weighted by Crippen LogP contribution is 2.04. The monoisotopic (exact) mass is 141 g/mol. The second-order valence-electron chi connectivity index (χ2n) is 1.42. The first kappa shape index (κ1) is 6.22. The molecular formula is C5H7N3S. The fraction of sp³-hybridized carbons (Fsp3) is 0.200. The molecule has 0 aromatic carbocycles. The van der Waals surface area contributed by atoms with Crippen LogP contribution in [0.4, 0.5) is 5.13 Å². The minimum absolute atomic E-state index is 0.745. The molecule has 0 spiro atoms. The van der Waals surface area contributed by atoms with Crippen molar-refractivity contribution in [3.8, 4) is 0 Å². The van der Waals surface area contributed by atoms with Gasteiger partial charge in [-0.05, 0) is 0 Å². The summed E-state index contributed by atoms with van der Waals surface area (Å²) in [5.41, 5.74) is 0. The maximum atomic E-state index is 3.90. The highest BCUT2D eigenvalue weighted by molar-refractivity contribution is 7.09. The summed E-state index contributed by atoms with van der Waals surface area (Å²) in [6, 6.07) is 0. The highest BCUT2D eigenvalue weighted by Gasteiger charge is 1.88. The fourth-order valence-electron chi connectivity index (χ4n) is 0.410. The lowest BCUT2D eigenvalue weighted by molar-refractivity contribution is 1.26. The largest absolute Gasteiger partial charge is 0.357 e. The maximum Gasteiger partial charge on any atom is 0.202 e. The lowest BCUT2D eigenvalue weighted by Crippen LogP contribution is -1.95. The van der Waals surface area contributed by atoms with Gasteiger partial charge in [-0.3, -0.25) is 0 Å². The van der Waals surface area contributed by atoms with Crippen molar-refractivity contribution in [3.05, 3.63) is 19.0 Å². The molecule has 1 aromatic heterocycles. The molecule has 0 saturated heterocycles. The van der Waals surface area contributed by atoms with Crippen molar-refractivity contribution in [2.24, 2.45) is 0 Å². The van der Waals surface area contributed by atoms with Gasteiger partial charge in [-0.1, -0.05) is 6.08 Å². The van der Waals surface area contributed by atoms with Gasteiger partial charge in [0.05, 0.1) is 0 Å². The van der Waals surface area contributed by atoms with Crippen LogP contribution in [-0.2, 0) is 0 Å². The topological polar surface area (TPSA) is 37.8 Å². The summed E-state index contributed by atoms with van der Waals surface area (Å²) in [7, 11) is 0. The van der Waals surface area contributed by atoms with Crippen LogP contribution in [0.3, 0.4) is 0 Å². The van der Waals surface area contributed by atoms with Crippen molar-refractivity contribution in [1.82, 2.24) is 9.36 Å². The SMILES string of the molecule is C=CCNc1ncns1. The quantitative estimate of drug-likeness (QED) is 0.641. The van der Waals surface area contributed by atoms with Gasteiger partial charge in [-0.25, -0.2) is 4.98 Å². The van der Waals surface area contributed by atoms with Crippen LogP contribution in [-0.4, -0.2) is 15.9 Å². The molecule has 9 heavy (non-hydrogen) atoms. The maximum absolute atomic E-state index is 3.90. The summed E-state index contributed by atoms with van der Waals surface area (Å²) >= 11 is 1.34. The zero-order chi connectivity index (χ0) is 6.53. The Labute approximate surface area is 57.6 Å². The molecular weight excluding hydrogens is 134 g/mol. The van der Waals surface area contributed by atoms with Crippen LogP contribution in [0, 0.1) is 0 Å². The molecule has 0 fully saturated rings. The summed E-state index contributed by atoms with van der Waals surface area (Å²) in [6.07, 6.45) is 3.30. The molecule has 48 valence electrons. The van der Waals surface area contributed by atoms with E-state index < -0.39 is 0 Å². The third-order valence-corrected chi connectivity index (χ3v) is 1.38.